The van der Waals surface area contributed by atoms with Crippen LogP contribution in [0, 0.1) is 23.2 Å². The molecule has 109 heavy (non-hydrogen) atoms. The number of nitrogens with one attached hydrogen (secondary N) is 14. The third-order valence-corrected chi connectivity index (χ3v) is 17.5. The lowest BCUT2D eigenvalue weighted by atomic mass is 10.00. The second kappa shape index (κ2) is 45.3. The molecule has 1 heterocycles. The van der Waals surface area contributed by atoms with E-state index in [1.165, 1.54) is 79.7 Å². The standard InChI is InChI=1S/C72H103N17O19S/c1-37(2)27-47(73)61(97)81-48(15-12-25-77-72(74)75)63(99)89-59(39(5)6)70(106)87-53(32-44-35-76-36-78-44)67(103)86-54(33-57(92)93)68(104)83-50(30-42-16-20-45(90)21-17-42)64(100)79-40(7)60(96)80-49(24-26-109-8)62(98)82-52(31-43-18-22-46(91)23-19-43)65(101)84-51(29-41-13-10-9-11-14-41)66(102)85-55(34-58(94)95)69(105)88-56(71(107)108)28-38(3)4/h9-11,13-14,16-23,35-40,47-56,59,90-91H,12,15,24-34,73H2,1-8H3,(H,76,78)(H,79,100)(H,80,96)(H,81,97)(H,82,98)(H,83,104)(H,84,101)(H,85,102)(H,86,103)(H,87,106)(H,88,105)(H,89,99)(H,92,93)(H,94,95)(H,107,108)(H4,74,75,77)/t40-,47-,48-,49-,50-,51-,52-,53-,54-,55-,56-,59-/m0/s1. The number of amides is 11. The van der Waals surface area contributed by atoms with E-state index < -0.39 is 181 Å². The average Bonchev–Trinajstić information content (AvgIpc) is 1.32. The summed E-state index contributed by atoms with van der Waals surface area (Å²) in [6.45, 7) is 11.6. The van der Waals surface area contributed by atoms with E-state index in [-0.39, 0.29) is 98.7 Å². The Hall–Kier alpha value is -11.4. The summed E-state index contributed by atoms with van der Waals surface area (Å²) in [5.41, 5.74) is 13.0. The van der Waals surface area contributed by atoms with Crippen molar-refractivity contribution in [3.05, 3.63) is 114 Å². The number of phenols is 2. The summed E-state index contributed by atoms with van der Waals surface area (Å²) in [5, 5.41) is 87.8. The van der Waals surface area contributed by atoms with E-state index in [1.54, 1.807) is 64.3 Å². The fraction of sp³-hybridized carbons (Fsp3) is 0.500. The first-order chi connectivity index (χ1) is 51.4. The van der Waals surface area contributed by atoms with E-state index in [1.807, 2.05) is 13.8 Å². The molecule has 0 saturated heterocycles. The molecule has 4 rings (SSSR count). The molecular weight excluding hydrogens is 1440 g/mol. The molecule has 11 amide bonds. The summed E-state index contributed by atoms with van der Waals surface area (Å²) in [5.74, 6) is -16.9. The smallest absolute Gasteiger partial charge is 0.326 e. The number of rotatable bonds is 47. The first kappa shape index (κ1) is 90.0. The highest BCUT2D eigenvalue weighted by atomic mass is 32.2. The van der Waals surface area contributed by atoms with Gasteiger partial charge in [-0.1, -0.05) is 96.1 Å². The third kappa shape index (κ3) is 32.7. The summed E-state index contributed by atoms with van der Waals surface area (Å²) in [6, 6.07) is 0.464. The van der Waals surface area contributed by atoms with E-state index in [9.17, 15) is 92.7 Å². The predicted octanol–water partition coefficient (Wildman–Crippen LogP) is -1.43. The minimum absolute atomic E-state index is 0.000557. The van der Waals surface area contributed by atoms with E-state index in [0.29, 0.717) is 16.7 Å². The van der Waals surface area contributed by atoms with Crippen LogP contribution in [0.1, 0.15) is 116 Å². The number of carbonyl (C=O) groups excluding carboxylic acids is 11. The molecule has 0 radical (unpaired) electrons. The fourth-order valence-corrected chi connectivity index (χ4v) is 11.5. The predicted molar refractivity (Wildman–Crippen MR) is 399 cm³/mol. The van der Waals surface area contributed by atoms with Crippen LogP contribution in [0.3, 0.4) is 0 Å². The van der Waals surface area contributed by atoms with Gasteiger partial charge in [-0.3, -0.25) is 67.7 Å². The lowest BCUT2D eigenvalue weighted by Crippen LogP contribution is -2.61. The van der Waals surface area contributed by atoms with Crippen molar-refractivity contribution in [1.29, 1.82) is 5.41 Å². The normalized spacial score (nSPS) is 14.5. The fourth-order valence-electron chi connectivity index (χ4n) is 11.1. The van der Waals surface area contributed by atoms with Crippen LogP contribution in [-0.4, -0.2) is 215 Å². The summed E-state index contributed by atoms with van der Waals surface area (Å²) in [4.78, 5) is 200. The van der Waals surface area contributed by atoms with Crippen LogP contribution in [-0.2, 0) is 92.8 Å². The molecule has 12 atom stereocenters. The minimum atomic E-state index is -2.00. The Kier molecular flexibility index (Phi) is 37.4. The van der Waals surface area contributed by atoms with Crippen molar-refractivity contribution >= 4 is 101 Å². The van der Waals surface area contributed by atoms with Crippen LogP contribution in [0.5, 0.6) is 11.5 Å². The number of thioether (sulfide) groups is 1. The second-order valence-corrected chi connectivity index (χ2v) is 28.4. The maximum atomic E-state index is 14.7. The molecule has 0 aliphatic heterocycles. The van der Waals surface area contributed by atoms with Crippen molar-refractivity contribution in [2.45, 2.75) is 192 Å². The number of aromatic hydroxyl groups is 2. The first-order valence-electron chi connectivity index (χ1n) is 35.3. The number of nitrogens with zero attached hydrogens (tertiary/aromatic N) is 1. The average molecular weight is 1540 g/mol. The molecule has 0 bridgehead atoms. The van der Waals surface area contributed by atoms with Gasteiger partial charge in [0.05, 0.1) is 25.2 Å². The van der Waals surface area contributed by atoms with Crippen molar-refractivity contribution in [2.75, 3.05) is 18.6 Å². The Bertz CT molecular complexity index is 3740. The van der Waals surface area contributed by atoms with Gasteiger partial charge in [0.1, 0.15) is 78.0 Å². The molecule has 3 aromatic carbocycles. The lowest BCUT2D eigenvalue weighted by Gasteiger charge is -2.29. The largest absolute Gasteiger partial charge is 0.508 e. The van der Waals surface area contributed by atoms with Gasteiger partial charge in [-0.05, 0) is 110 Å². The zero-order chi connectivity index (χ0) is 81.2. The van der Waals surface area contributed by atoms with Gasteiger partial charge in [0, 0.05) is 44.1 Å². The highest BCUT2D eigenvalue weighted by Crippen LogP contribution is 2.17. The van der Waals surface area contributed by atoms with Crippen molar-refractivity contribution in [1.82, 2.24) is 73.8 Å². The Labute approximate surface area is 634 Å². The number of aromatic amines is 1. The Morgan fingerprint density at radius 2 is 0.862 bits per heavy atom. The van der Waals surface area contributed by atoms with Gasteiger partial charge in [0.2, 0.25) is 65.0 Å². The van der Waals surface area contributed by atoms with E-state index in [2.05, 4.69) is 73.8 Å². The molecule has 0 spiro atoms. The van der Waals surface area contributed by atoms with Gasteiger partial charge in [0.25, 0.3) is 0 Å². The molecular formula is C72H103N17O19S. The van der Waals surface area contributed by atoms with Crippen LogP contribution in [0.15, 0.2) is 91.4 Å². The molecule has 0 aliphatic carbocycles. The minimum Gasteiger partial charge on any atom is -0.508 e. The number of hydrogen-bond acceptors (Lipinski definition) is 20. The first-order valence-corrected chi connectivity index (χ1v) is 36.7. The third-order valence-electron chi connectivity index (χ3n) is 16.8. The highest BCUT2D eigenvalue weighted by molar-refractivity contribution is 7.98. The summed E-state index contributed by atoms with van der Waals surface area (Å²) in [7, 11) is 0. The summed E-state index contributed by atoms with van der Waals surface area (Å²) in [6.07, 6.45) is 1.20. The van der Waals surface area contributed by atoms with Crippen molar-refractivity contribution in [2.24, 2.45) is 29.2 Å². The van der Waals surface area contributed by atoms with Gasteiger partial charge in [-0.2, -0.15) is 11.8 Å². The highest BCUT2D eigenvalue weighted by Gasteiger charge is 2.38. The van der Waals surface area contributed by atoms with E-state index in [0.717, 1.165) is 0 Å². The summed E-state index contributed by atoms with van der Waals surface area (Å²) < 4.78 is 0. The molecule has 0 fully saturated rings. The molecule has 36 nitrogen and oxygen atoms in total. The number of carboxylic acids is 3. The number of H-pyrrole nitrogens is 1. The number of nitrogens with two attached hydrogens (primary N) is 2. The number of benzene rings is 3. The van der Waals surface area contributed by atoms with Crippen LogP contribution >= 0.6 is 11.8 Å². The molecule has 23 N–H and O–H groups in total. The number of phenolic OH excluding ortho intramolecular Hbond substituents is 2. The van der Waals surface area contributed by atoms with E-state index >= 15 is 0 Å². The maximum Gasteiger partial charge on any atom is 0.326 e. The molecule has 596 valence electrons. The Morgan fingerprint density at radius 3 is 1.29 bits per heavy atom. The van der Waals surface area contributed by atoms with Gasteiger partial charge >= 0.3 is 17.9 Å². The molecule has 4 aromatic rings. The maximum absolute atomic E-state index is 14.7. The van der Waals surface area contributed by atoms with Gasteiger partial charge < -0.3 is 106 Å². The van der Waals surface area contributed by atoms with Crippen LogP contribution in [0.25, 0.3) is 0 Å². The molecule has 0 unspecified atom stereocenters. The van der Waals surface area contributed by atoms with Crippen molar-refractivity contribution < 1.29 is 92.7 Å². The number of aliphatic carboxylic acids is 3. The van der Waals surface area contributed by atoms with Gasteiger partial charge in [-0.15, -0.1) is 0 Å². The monoisotopic (exact) mass is 1540 g/mol. The van der Waals surface area contributed by atoms with E-state index in [4.69, 9.17) is 16.9 Å². The Balaban J connectivity index is 1.63. The quantitative estimate of drug-likeness (QED) is 0.0137. The summed E-state index contributed by atoms with van der Waals surface area (Å²) >= 11 is 1.27. The number of carbonyl (C=O) groups is 14. The number of carboxylic acid groups (broad SMARTS) is 3. The SMILES string of the molecule is CSCC[C@H](NC(=O)[C@H](C)NC(=O)[C@H](Cc1ccc(O)cc1)NC(=O)[C@H](CC(=O)O)NC(=O)[C@H](Cc1cnc[nH]1)NC(=O)[C@@H](NC(=O)[C@H](CCCNC(=N)N)NC(=O)[C@@H](N)CC(C)C)C(C)C)C(=O)N[C@@H](Cc1ccc(O)cc1)C(=O)N[C@@H](Cc1ccccc1)C(=O)N[C@@H](CC(=O)O)C(=O)N[C@@H](CC(C)C)C(=O)O. The van der Waals surface area contributed by atoms with Crippen LogP contribution < -0.4 is 75.3 Å². The lowest BCUT2D eigenvalue weighted by molar-refractivity contribution is -0.144. The number of aromatic nitrogens is 2. The van der Waals surface area contributed by atoms with Crippen molar-refractivity contribution in [3.8, 4) is 11.5 Å². The molecule has 37 heteroatoms. The van der Waals surface area contributed by atoms with Crippen LogP contribution in [0.2, 0.25) is 0 Å². The Morgan fingerprint density at radius 1 is 0.468 bits per heavy atom. The van der Waals surface area contributed by atoms with Gasteiger partial charge in [0.15, 0.2) is 5.96 Å². The zero-order valence-corrected chi connectivity index (χ0v) is 62.8. The molecule has 0 saturated carbocycles. The number of hydrogen-bond donors (Lipinski definition) is 21. The van der Waals surface area contributed by atoms with Crippen LogP contribution in [0.4, 0.5) is 0 Å². The topological polar surface area (TPSA) is 589 Å². The number of guanidine groups is 1. The number of imidazole rings is 1. The second-order valence-electron chi connectivity index (χ2n) is 27.4. The van der Waals surface area contributed by atoms with Gasteiger partial charge in [-0.25, -0.2) is 9.78 Å². The zero-order valence-electron chi connectivity index (χ0n) is 62.0. The molecule has 1 aromatic heterocycles. The molecule has 0 aliphatic rings. The van der Waals surface area contributed by atoms with Crippen molar-refractivity contribution in [3.63, 3.8) is 0 Å².